The summed E-state index contributed by atoms with van der Waals surface area (Å²) < 4.78 is 4.54. The Morgan fingerprint density at radius 3 is 2.50 bits per heavy atom. The zero-order valence-electron chi connectivity index (χ0n) is 11.5. The Labute approximate surface area is 117 Å². The fraction of sp³-hybridized carbons (Fsp3) is 0.357. The van der Waals surface area contributed by atoms with Gasteiger partial charge in [-0.25, -0.2) is 4.79 Å². The molecule has 106 valence electrons. The van der Waals surface area contributed by atoms with Crippen molar-refractivity contribution in [3.8, 4) is 6.07 Å². The number of ether oxygens (including phenoxy) is 1. The third kappa shape index (κ3) is 4.61. The number of urea groups is 1. The van der Waals surface area contributed by atoms with E-state index in [2.05, 4.69) is 10.1 Å². The number of rotatable bonds is 5. The third-order valence-corrected chi connectivity index (χ3v) is 2.75. The van der Waals surface area contributed by atoms with Gasteiger partial charge in [0.2, 0.25) is 0 Å². The van der Waals surface area contributed by atoms with E-state index in [4.69, 9.17) is 5.26 Å². The number of nitrogens with zero attached hydrogens (tertiary/aromatic N) is 2. The van der Waals surface area contributed by atoms with Gasteiger partial charge in [0, 0.05) is 18.8 Å². The number of anilines is 1. The molecule has 0 saturated heterocycles. The van der Waals surface area contributed by atoms with Crippen LogP contribution >= 0.6 is 0 Å². The molecule has 0 spiro atoms. The second kappa shape index (κ2) is 7.79. The lowest BCUT2D eigenvalue weighted by Crippen LogP contribution is -2.36. The molecule has 0 unspecified atom stereocenters. The summed E-state index contributed by atoms with van der Waals surface area (Å²) in [6, 6.07) is 8.28. The molecular formula is C14H17N3O3. The van der Waals surface area contributed by atoms with Crippen LogP contribution in [0.2, 0.25) is 0 Å². The summed E-state index contributed by atoms with van der Waals surface area (Å²) in [6.07, 6.45) is 0.158. The van der Waals surface area contributed by atoms with E-state index in [-0.39, 0.29) is 18.4 Å². The second-order valence-corrected chi connectivity index (χ2v) is 4.03. The number of amides is 2. The minimum atomic E-state index is -0.352. The Morgan fingerprint density at radius 2 is 2.00 bits per heavy atom. The molecule has 0 saturated carbocycles. The maximum atomic E-state index is 12.0. The lowest BCUT2D eigenvalue weighted by atomic mass is 10.2. The van der Waals surface area contributed by atoms with Crippen LogP contribution in [-0.4, -0.2) is 37.1 Å². The highest BCUT2D eigenvalue weighted by Gasteiger charge is 2.13. The Morgan fingerprint density at radius 1 is 1.35 bits per heavy atom. The predicted octanol–water partition coefficient (Wildman–Crippen LogP) is 1.98. The van der Waals surface area contributed by atoms with Gasteiger partial charge in [-0.2, -0.15) is 5.26 Å². The van der Waals surface area contributed by atoms with Gasteiger partial charge in [0.15, 0.2) is 0 Å². The van der Waals surface area contributed by atoms with Crippen molar-refractivity contribution in [2.75, 3.05) is 25.5 Å². The standard InChI is InChI=1S/C14H17N3O3/c1-3-17(9-8-13(18)20-2)14(19)16-12-6-4-11(10-15)5-7-12/h4-7H,3,8-9H2,1-2H3,(H,16,19). The zero-order chi connectivity index (χ0) is 15.0. The molecule has 0 atom stereocenters. The molecule has 20 heavy (non-hydrogen) atoms. The van der Waals surface area contributed by atoms with Crippen LogP contribution in [0.1, 0.15) is 18.9 Å². The normalized spacial score (nSPS) is 9.45. The molecule has 0 aromatic heterocycles. The van der Waals surface area contributed by atoms with E-state index < -0.39 is 0 Å². The fourth-order valence-electron chi connectivity index (χ4n) is 1.56. The van der Waals surface area contributed by atoms with Gasteiger partial charge >= 0.3 is 12.0 Å². The zero-order valence-corrected chi connectivity index (χ0v) is 11.5. The quantitative estimate of drug-likeness (QED) is 0.833. The molecule has 6 nitrogen and oxygen atoms in total. The van der Waals surface area contributed by atoms with Crippen LogP contribution in [0.3, 0.4) is 0 Å². The van der Waals surface area contributed by atoms with Crippen LogP contribution in [0, 0.1) is 11.3 Å². The smallest absolute Gasteiger partial charge is 0.321 e. The van der Waals surface area contributed by atoms with Gasteiger partial charge in [-0.05, 0) is 31.2 Å². The number of methoxy groups -OCH3 is 1. The number of nitriles is 1. The Hall–Kier alpha value is -2.55. The average Bonchev–Trinajstić information content (AvgIpc) is 2.48. The number of hydrogen-bond donors (Lipinski definition) is 1. The van der Waals surface area contributed by atoms with E-state index >= 15 is 0 Å². The molecule has 6 heteroatoms. The number of benzene rings is 1. The number of nitrogens with one attached hydrogen (secondary N) is 1. The maximum Gasteiger partial charge on any atom is 0.321 e. The molecule has 1 aromatic rings. The van der Waals surface area contributed by atoms with Gasteiger partial charge in [-0.3, -0.25) is 4.79 Å². The minimum absolute atomic E-state index is 0.158. The van der Waals surface area contributed by atoms with E-state index in [1.54, 1.807) is 24.3 Å². The number of carbonyl (C=O) groups is 2. The van der Waals surface area contributed by atoms with Gasteiger partial charge in [0.25, 0.3) is 0 Å². The molecular weight excluding hydrogens is 258 g/mol. The monoisotopic (exact) mass is 275 g/mol. The SMILES string of the molecule is CCN(CCC(=O)OC)C(=O)Nc1ccc(C#N)cc1. The summed E-state index contributed by atoms with van der Waals surface area (Å²) in [7, 11) is 1.31. The topological polar surface area (TPSA) is 82.4 Å². The van der Waals surface area contributed by atoms with Crippen LogP contribution in [-0.2, 0) is 9.53 Å². The van der Waals surface area contributed by atoms with Crippen LogP contribution < -0.4 is 5.32 Å². The van der Waals surface area contributed by atoms with Crippen molar-refractivity contribution in [1.29, 1.82) is 5.26 Å². The lowest BCUT2D eigenvalue weighted by Gasteiger charge is -2.20. The summed E-state index contributed by atoms with van der Waals surface area (Å²) in [6.45, 7) is 2.61. The Balaban J connectivity index is 2.58. The number of carbonyl (C=O) groups excluding carboxylic acids is 2. The van der Waals surface area contributed by atoms with Crippen molar-refractivity contribution in [2.24, 2.45) is 0 Å². The highest BCUT2D eigenvalue weighted by Crippen LogP contribution is 2.10. The molecule has 0 aliphatic carbocycles. The van der Waals surface area contributed by atoms with Gasteiger partial charge in [0.05, 0.1) is 25.2 Å². The molecule has 0 aliphatic rings. The largest absolute Gasteiger partial charge is 0.469 e. The van der Waals surface area contributed by atoms with Gasteiger partial charge < -0.3 is 15.0 Å². The highest BCUT2D eigenvalue weighted by atomic mass is 16.5. The summed E-state index contributed by atoms with van der Waals surface area (Å²) in [5, 5.41) is 11.4. The first-order valence-corrected chi connectivity index (χ1v) is 6.23. The third-order valence-electron chi connectivity index (χ3n) is 2.75. The first kappa shape index (κ1) is 15.5. The second-order valence-electron chi connectivity index (χ2n) is 4.03. The molecule has 0 radical (unpaired) electrons. The van der Waals surface area contributed by atoms with Crippen molar-refractivity contribution >= 4 is 17.7 Å². The van der Waals surface area contributed by atoms with Crippen LogP contribution in [0.5, 0.6) is 0 Å². The molecule has 1 rings (SSSR count). The minimum Gasteiger partial charge on any atom is -0.469 e. The summed E-state index contributed by atoms with van der Waals surface area (Å²) in [5.74, 6) is -0.352. The van der Waals surface area contributed by atoms with E-state index in [1.807, 2.05) is 13.0 Å². The van der Waals surface area contributed by atoms with Crippen molar-refractivity contribution in [1.82, 2.24) is 4.90 Å². The first-order chi connectivity index (χ1) is 9.60. The van der Waals surface area contributed by atoms with Crippen LogP contribution in [0.4, 0.5) is 10.5 Å². The summed E-state index contributed by atoms with van der Waals surface area (Å²) in [5.41, 5.74) is 1.13. The predicted molar refractivity (Wildman–Crippen MR) is 74.1 cm³/mol. The number of hydrogen-bond acceptors (Lipinski definition) is 4. The molecule has 1 N–H and O–H groups in total. The molecule has 0 heterocycles. The van der Waals surface area contributed by atoms with E-state index in [1.165, 1.54) is 12.0 Å². The van der Waals surface area contributed by atoms with E-state index in [0.717, 1.165) is 0 Å². The molecule has 0 bridgehead atoms. The molecule has 0 aliphatic heterocycles. The average molecular weight is 275 g/mol. The van der Waals surface area contributed by atoms with Crippen LogP contribution in [0.15, 0.2) is 24.3 Å². The molecule has 1 aromatic carbocycles. The molecule has 0 fully saturated rings. The van der Waals surface area contributed by atoms with E-state index in [9.17, 15) is 9.59 Å². The van der Waals surface area contributed by atoms with Crippen molar-refractivity contribution in [2.45, 2.75) is 13.3 Å². The summed E-state index contributed by atoms with van der Waals surface area (Å²) >= 11 is 0. The maximum absolute atomic E-state index is 12.0. The van der Waals surface area contributed by atoms with Crippen molar-refractivity contribution in [3.63, 3.8) is 0 Å². The van der Waals surface area contributed by atoms with Crippen molar-refractivity contribution < 1.29 is 14.3 Å². The van der Waals surface area contributed by atoms with Crippen LogP contribution in [0.25, 0.3) is 0 Å². The molecule has 2 amide bonds. The lowest BCUT2D eigenvalue weighted by molar-refractivity contribution is -0.140. The van der Waals surface area contributed by atoms with Gasteiger partial charge in [-0.1, -0.05) is 0 Å². The number of esters is 1. The van der Waals surface area contributed by atoms with Gasteiger partial charge in [0.1, 0.15) is 0 Å². The Bertz CT molecular complexity index is 505. The first-order valence-electron chi connectivity index (χ1n) is 6.23. The highest BCUT2D eigenvalue weighted by molar-refractivity contribution is 5.89. The van der Waals surface area contributed by atoms with E-state index in [0.29, 0.717) is 24.3 Å². The summed E-state index contributed by atoms with van der Waals surface area (Å²) in [4.78, 5) is 24.6. The van der Waals surface area contributed by atoms with Crippen molar-refractivity contribution in [3.05, 3.63) is 29.8 Å². The fourth-order valence-corrected chi connectivity index (χ4v) is 1.56. The Kier molecular flexibility index (Phi) is 6.04. The van der Waals surface area contributed by atoms with Gasteiger partial charge in [-0.15, -0.1) is 0 Å².